The number of carbonyl (C=O) groups is 1. The molecule has 1 N–H and O–H groups in total. The number of nitrogens with zero attached hydrogens (tertiary/aromatic N) is 2. The van der Waals surface area contributed by atoms with Crippen molar-refractivity contribution in [2.75, 3.05) is 25.1 Å². The van der Waals surface area contributed by atoms with Gasteiger partial charge in [-0.1, -0.05) is 0 Å². The lowest BCUT2D eigenvalue weighted by Gasteiger charge is -2.35. The average molecular weight is 332 g/mol. The molecule has 1 fully saturated rings. The van der Waals surface area contributed by atoms with E-state index in [1.807, 2.05) is 4.90 Å². The monoisotopic (exact) mass is 332 g/mol. The Bertz CT molecular complexity index is 570. The Morgan fingerprint density at radius 2 is 2.00 bits per heavy atom. The molecule has 23 heavy (non-hydrogen) atoms. The first-order valence-electron chi connectivity index (χ1n) is 7.29. The number of aliphatic hydroxyl groups is 1. The molecule has 8 heteroatoms. The van der Waals surface area contributed by atoms with E-state index in [0.29, 0.717) is 30.2 Å². The molecule has 128 valence electrons. The third kappa shape index (κ3) is 3.93. The molecule has 0 saturated carbocycles. The predicted octanol–water partition coefficient (Wildman–Crippen LogP) is 2.32. The standard InChI is InChI=1S/C15H19F3N2O3/c1-9-11(14(22)23-2)3-4-12(19-9)20-7-5-10(6-8-20)13(21)15(16,17)18/h3-4,10,13,21H,5-8H2,1-2H3. The Morgan fingerprint density at radius 1 is 1.39 bits per heavy atom. The summed E-state index contributed by atoms with van der Waals surface area (Å²) in [4.78, 5) is 17.7. The van der Waals surface area contributed by atoms with Crippen LogP contribution in [0.2, 0.25) is 0 Å². The summed E-state index contributed by atoms with van der Waals surface area (Å²) in [5.41, 5.74) is 0.866. The normalized spacial score (nSPS) is 17.9. The van der Waals surface area contributed by atoms with Gasteiger partial charge in [-0.25, -0.2) is 9.78 Å². The zero-order valence-electron chi connectivity index (χ0n) is 12.9. The van der Waals surface area contributed by atoms with E-state index in [2.05, 4.69) is 9.72 Å². The highest BCUT2D eigenvalue weighted by Gasteiger charge is 2.44. The number of carbonyl (C=O) groups excluding carboxylic acids is 1. The molecule has 2 heterocycles. The Morgan fingerprint density at radius 3 is 2.48 bits per heavy atom. The summed E-state index contributed by atoms with van der Waals surface area (Å²) >= 11 is 0. The lowest BCUT2D eigenvalue weighted by Crippen LogP contribution is -2.43. The Kier molecular flexibility index (Phi) is 5.13. The Hall–Kier alpha value is -1.83. The fourth-order valence-electron chi connectivity index (χ4n) is 2.76. The minimum atomic E-state index is -4.58. The number of aryl methyl sites for hydroxylation is 1. The first kappa shape index (κ1) is 17.5. The van der Waals surface area contributed by atoms with Crippen LogP contribution in [0, 0.1) is 12.8 Å². The Labute approximate surface area is 132 Å². The van der Waals surface area contributed by atoms with Crippen molar-refractivity contribution in [2.45, 2.75) is 32.0 Å². The van der Waals surface area contributed by atoms with Crippen molar-refractivity contribution in [3.8, 4) is 0 Å². The first-order valence-corrected chi connectivity index (χ1v) is 7.29. The maximum absolute atomic E-state index is 12.5. The summed E-state index contributed by atoms with van der Waals surface area (Å²) in [6.45, 7) is 2.43. The van der Waals surface area contributed by atoms with Crippen molar-refractivity contribution in [2.24, 2.45) is 5.92 Å². The second kappa shape index (κ2) is 6.74. The minimum absolute atomic E-state index is 0.236. The molecule has 1 aromatic heterocycles. The number of piperidine rings is 1. The molecule has 2 rings (SSSR count). The van der Waals surface area contributed by atoms with Gasteiger partial charge in [0.25, 0.3) is 0 Å². The van der Waals surface area contributed by atoms with Gasteiger partial charge in [-0.15, -0.1) is 0 Å². The molecule has 0 aliphatic carbocycles. The number of ether oxygens (including phenoxy) is 1. The molecule has 1 atom stereocenters. The molecule has 1 unspecified atom stereocenters. The molecule has 0 bridgehead atoms. The summed E-state index contributed by atoms with van der Waals surface area (Å²) in [7, 11) is 1.28. The molecule has 1 aliphatic heterocycles. The number of aromatic nitrogens is 1. The number of halogens is 3. The summed E-state index contributed by atoms with van der Waals surface area (Å²) in [6, 6.07) is 3.25. The van der Waals surface area contributed by atoms with Crippen LogP contribution in [0.25, 0.3) is 0 Å². The lowest BCUT2D eigenvalue weighted by molar-refractivity contribution is -0.221. The van der Waals surface area contributed by atoms with E-state index in [4.69, 9.17) is 0 Å². The van der Waals surface area contributed by atoms with Crippen LogP contribution in [-0.2, 0) is 4.74 Å². The predicted molar refractivity (Wildman–Crippen MR) is 77.3 cm³/mol. The highest BCUT2D eigenvalue weighted by atomic mass is 19.4. The molecule has 0 radical (unpaired) electrons. The van der Waals surface area contributed by atoms with Crippen LogP contribution in [-0.4, -0.2) is 48.5 Å². The number of esters is 1. The van der Waals surface area contributed by atoms with E-state index >= 15 is 0 Å². The molecule has 1 saturated heterocycles. The van der Waals surface area contributed by atoms with Gasteiger partial charge in [-0.05, 0) is 37.8 Å². The highest BCUT2D eigenvalue weighted by molar-refractivity contribution is 5.90. The zero-order valence-corrected chi connectivity index (χ0v) is 12.9. The lowest BCUT2D eigenvalue weighted by atomic mass is 9.91. The van der Waals surface area contributed by atoms with Crippen LogP contribution in [0.1, 0.15) is 28.9 Å². The molecule has 0 amide bonds. The van der Waals surface area contributed by atoms with Gasteiger partial charge in [-0.2, -0.15) is 13.2 Å². The number of aliphatic hydroxyl groups excluding tert-OH is 1. The van der Waals surface area contributed by atoms with Crippen molar-refractivity contribution >= 4 is 11.8 Å². The van der Waals surface area contributed by atoms with E-state index in [1.165, 1.54) is 7.11 Å². The fraction of sp³-hybridized carbons (Fsp3) is 0.600. The number of anilines is 1. The third-order valence-electron chi connectivity index (χ3n) is 4.12. The molecule has 5 nitrogen and oxygen atoms in total. The summed E-state index contributed by atoms with van der Waals surface area (Å²) < 4.78 is 42.3. The van der Waals surface area contributed by atoms with E-state index in [1.54, 1.807) is 19.1 Å². The first-order chi connectivity index (χ1) is 10.7. The van der Waals surface area contributed by atoms with E-state index in [-0.39, 0.29) is 12.8 Å². The van der Waals surface area contributed by atoms with Gasteiger partial charge in [0, 0.05) is 13.1 Å². The fourth-order valence-corrected chi connectivity index (χ4v) is 2.76. The molecular formula is C15H19F3N2O3. The number of methoxy groups -OCH3 is 1. The number of alkyl halides is 3. The number of hydrogen-bond donors (Lipinski definition) is 1. The van der Waals surface area contributed by atoms with Crippen LogP contribution in [0.4, 0.5) is 19.0 Å². The van der Waals surface area contributed by atoms with Gasteiger partial charge in [0.2, 0.25) is 0 Å². The minimum Gasteiger partial charge on any atom is -0.465 e. The second-order valence-electron chi connectivity index (χ2n) is 5.60. The van der Waals surface area contributed by atoms with Crippen molar-refractivity contribution in [1.82, 2.24) is 4.98 Å². The SMILES string of the molecule is COC(=O)c1ccc(N2CCC(C(O)C(F)(F)F)CC2)nc1C. The largest absolute Gasteiger partial charge is 0.465 e. The van der Waals surface area contributed by atoms with Gasteiger partial charge in [-0.3, -0.25) is 0 Å². The molecule has 1 aliphatic rings. The van der Waals surface area contributed by atoms with E-state index in [0.717, 1.165) is 0 Å². The topological polar surface area (TPSA) is 62.7 Å². The van der Waals surface area contributed by atoms with Crippen molar-refractivity contribution in [3.63, 3.8) is 0 Å². The van der Waals surface area contributed by atoms with Crippen molar-refractivity contribution in [1.29, 1.82) is 0 Å². The van der Waals surface area contributed by atoms with Crippen molar-refractivity contribution in [3.05, 3.63) is 23.4 Å². The van der Waals surface area contributed by atoms with Crippen LogP contribution in [0.5, 0.6) is 0 Å². The van der Waals surface area contributed by atoms with Crippen LogP contribution in [0.15, 0.2) is 12.1 Å². The molecular weight excluding hydrogens is 313 g/mol. The van der Waals surface area contributed by atoms with Crippen molar-refractivity contribution < 1.29 is 27.8 Å². The van der Waals surface area contributed by atoms with Gasteiger partial charge in [0.1, 0.15) is 5.82 Å². The van der Waals surface area contributed by atoms with Gasteiger partial charge in [0.15, 0.2) is 6.10 Å². The summed E-state index contributed by atoms with van der Waals surface area (Å²) in [6.07, 6.45) is -6.38. The number of pyridine rings is 1. The van der Waals surface area contributed by atoms with Gasteiger partial charge in [0.05, 0.1) is 18.4 Å². The smallest absolute Gasteiger partial charge is 0.414 e. The molecule has 0 spiro atoms. The third-order valence-corrected chi connectivity index (χ3v) is 4.12. The summed E-state index contributed by atoms with van der Waals surface area (Å²) in [5, 5.41) is 9.33. The quantitative estimate of drug-likeness (QED) is 0.861. The zero-order chi connectivity index (χ0) is 17.2. The maximum Gasteiger partial charge on any atom is 0.414 e. The number of hydrogen-bond acceptors (Lipinski definition) is 5. The van der Waals surface area contributed by atoms with Gasteiger partial charge < -0.3 is 14.7 Å². The van der Waals surface area contributed by atoms with Gasteiger partial charge >= 0.3 is 12.1 Å². The highest BCUT2D eigenvalue weighted by Crippen LogP contribution is 2.32. The molecule has 0 aromatic carbocycles. The number of rotatable bonds is 3. The van der Waals surface area contributed by atoms with E-state index < -0.39 is 24.2 Å². The van der Waals surface area contributed by atoms with Crippen LogP contribution < -0.4 is 4.90 Å². The maximum atomic E-state index is 12.5. The second-order valence-corrected chi connectivity index (χ2v) is 5.60. The summed E-state index contributed by atoms with van der Waals surface area (Å²) in [5.74, 6) is -0.662. The van der Waals surface area contributed by atoms with E-state index in [9.17, 15) is 23.1 Å². The Balaban J connectivity index is 2.03. The van der Waals surface area contributed by atoms with Crippen LogP contribution in [0.3, 0.4) is 0 Å². The average Bonchev–Trinajstić information content (AvgIpc) is 2.52. The molecule has 1 aromatic rings. The van der Waals surface area contributed by atoms with Crippen LogP contribution >= 0.6 is 0 Å².